The van der Waals surface area contributed by atoms with Crippen molar-refractivity contribution in [3.05, 3.63) is 34.2 Å². The first kappa shape index (κ1) is 20.7. The van der Waals surface area contributed by atoms with Crippen molar-refractivity contribution in [1.29, 1.82) is 0 Å². The van der Waals surface area contributed by atoms with Gasteiger partial charge >= 0.3 is 5.97 Å². The molecular weight excluding hydrogens is 424 g/mol. The standard InChI is InChI=1S/C20H23ClN6O2S/c1-12(2)11-29-18(28)15-13(3)14-16(24-19(21)25-17(14)30-15)26-7-9-27(10-8-26)20-22-5-4-6-23-20/h4-6,12H,7-11H2,1-3H3. The Kier molecular flexibility index (Phi) is 6.01. The Morgan fingerprint density at radius 3 is 2.50 bits per heavy atom. The van der Waals surface area contributed by atoms with Crippen LogP contribution in [0.1, 0.15) is 29.1 Å². The number of halogens is 1. The molecule has 1 aliphatic heterocycles. The Labute approximate surface area is 183 Å². The Hall–Kier alpha value is -2.52. The minimum atomic E-state index is -0.322. The molecule has 0 unspecified atom stereocenters. The topological polar surface area (TPSA) is 84.3 Å². The highest BCUT2D eigenvalue weighted by Gasteiger charge is 2.26. The number of hydrogen-bond donors (Lipinski definition) is 0. The minimum absolute atomic E-state index is 0.176. The number of hydrogen-bond acceptors (Lipinski definition) is 9. The molecule has 3 aromatic heterocycles. The predicted octanol–water partition coefficient (Wildman–Crippen LogP) is 3.58. The van der Waals surface area contributed by atoms with Crippen molar-refractivity contribution in [2.45, 2.75) is 20.8 Å². The van der Waals surface area contributed by atoms with Crippen LogP contribution in [-0.2, 0) is 4.74 Å². The van der Waals surface area contributed by atoms with Gasteiger partial charge in [-0.25, -0.2) is 19.7 Å². The number of nitrogens with zero attached hydrogens (tertiary/aromatic N) is 6. The monoisotopic (exact) mass is 446 g/mol. The van der Waals surface area contributed by atoms with Crippen LogP contribution in [0.5, 0.6) is 0 Å². The van der Waals surface area contributed by atoms with E-state index in [1.165, 1.54) is 11.3 Å². The van der Waals surface area contributed by atoms with Crippen LogP contribution < -0.4 is 9.80 Å². The maximum atomic E-state index is 12.6. The average Bonchev–Trinajstić information content (AvgIpc) is 3.08. The van der Waals surface area contributed by atoms with E-state index in [1.807, 2.05) is 26.8 Å². The zero-order valence-electron chi connectivity index (χ0n) is 17.1. The van der Waals surface area contributed by atoms with Crippen LogP contribution in [0.2, 0.25) is 5.28 Å². The van der Waals surface area contributed by atoms with Gasteiger partial charge in [-0.05, 0) is 36.1 Å². The lowest BCUT2D eigenvalue weighted by molar-refractivity contribution is 0.0464. The zero-order valence-corrected chi connectivity index (χ0v) is 18.7. The number of rotatable bonds is 5. The lowest BCUT2D eigenvalue weighted by Crippen LogP contribution is -2.47. The average molecular weight is 447 g/mol. The van der Waals surface area contributed by atoms with E-state index in [1.54, 1.807) is 12.4 Å². The third-order valence-corrected chi connectivity index (χ3v) is 6.23. The van der Waals surface area contributed by atoms with Crippen molar-refractivity contribution < 1.29 is 9.53 Å². The molecule has 0 spiro atoms. The van der Waals surface area contributed by atoms with E-state index in [-0.39, 0.29) is 17.2 Å². The summed E-state index contributed by atoms with van der Waals surface area (Å²) in [6.45, 7) is 9.32. The van der Waals surface area contributed by atoms with Crippen LogP contribution in [-0.4, -0.2) is 58.7 Å². The third-order valence-electron chi connectivity index (χ3n) is 4.89. The molecule has 0 N–H and O–H groups in total. The fourth-order valence-corrected chi connectivity index (χ4v) is 4.68. The summed E-state index contributed by atoms with van der Waals surface area (Å²) >= 11 is 7.53. The molecule has 30 heavy (non-hydrogen) atoms. The summed E-state index contributed by atoms with van der Waals surface area (Å²) in [6, 6.07) is 1.81. The van der Waals surface area contributed by atoms with Gasteiger partial charge in [0.05, 0.1) is 12.0 Å². The predicted molar refractivity (Wildman–Crippen MR) is 119 cm³/mol. The molecule has 1 fully saturated rings. The van der Waals surface area contributed by atoms with Crippen molar-refractivity contribution in [3.63, 3.8) is 0 Å². The van der Waals surface area contributed by atoms with E-state index in [4.69, 9.17) is 16.3 Å². The molecule has 0 saturated carbocycles. The molecule has 8 nitrogen and oxygen atoms in total. The molecule has 158 valence electrons. The number of ether oxygens (including phenoxy) is 1. The molecule has 0 atom stereocenters. The van der Waals surface area contributed by atoms with Crippen LogP contribution in [0, 0.1) is 12.8 Å². The molecule has 0 amide bonds. The van der Waals surface area contributed by atoms with Gasteiger partial charge in [-0.3, -0.25) is 0 Å². The largest absolute Gasteiger partial charge is 0.461 e. The summed E-state index contributed by atoms with van der Waals surface area (Å²) in [5, 5.41) is 1.04. The Bertz CT molecular complexity index is 1050. The second-order valence-electron chi connectivity index (χ2n) is 7.57. The SMILES string of the molecule is Cc1c(C(=O)OCC(C)C)sc2nc(Cl)nc(N3CCN(c4ncccn4)CC3)c12. The number of carbonyl (C=O) groups is 1. The van der Waals surface area contributed by atoms with Crippen LogP contribution in [0.15, 0.2) is 18.5 Å². The molecular formula is C20H23ClN6O2S. The summed E-state index contributed by atoms with van der Waals surface area (Å²) in [5.41, 5.74) is 0.837. The molecule has 1 aliphatic rings. The van der Waals surface area contributed by atoms with Gasteiger partial charge in [-0.2, -0.15) is 4.98 Å². The van der Waals surface area contributed by atoms with Gasteiger partial charge in [-0.1, -0.05) is 13.8 Å². The molecule has 0 aromatic carbocycles. The summed E-state index contributed by atoms with van der Waals surface area (Å²) in [7, 11) is 0. The Morgan fingerprint density at radius 2 is 1.83 bits per heavy atom. The summed E-state index contributed by atoms with van der Waals surface area (Å²) < 4.78 is 5.43. The molecule has 0 bridgehead atoms. The van der Waals surface area contributed by atoms with Gasteiger partial charge in [0.15, 0.2) is 0 Å². The molecule has 3 aromatic rings. The third kappa shape index (κ3) is 4.17. The number of aryl methyl sites for hydroxylation is 1. The molecule has 10 heteroatoms. The van der Waals surface area contributed by atoms with E-state index < -0.39 is 0 Å². The van der Waals surface area contributed by atoms with Crippen LogP contribution >= 0.6 is 22.9 Å². The van der Waals surface area contributed by atoms with Gasteiger partial charge < -0.3 is 14.5 Å². The van der Waals surface area contributed by atoms with Gasteiger partial charge in [0.1, 0.15) is 15.5 Å². The van der Waals surface area contributed by atoms with Crippen molar-refractivity contribution >= 4 is 50.9 Å². The first-order valence-corrected chi connectivity index (χ1v) is 11.0. The number of fused-ring (bicyclic) bond motifs is 1. The van der Waals surface area contributed by atoms with Gasteiger partial charge in [0, 0.05) is 38.6 Å². The first-order chi connectivity index (χ1) is 14.4. The smallest absolute Gasteiger partial charge is 0.348 e. The second-order valence-corrected chi connectivity index (χ2v) is 8.90. The van der Waals surface area contributed by atoms with Crippen LogP contribution in [0.25, 0.3) is 10.2 Å². The number of aromatic nitrogens is 4. The van der Waals surface area contributed by atoms with Gasteiger partial charge in [-0.15, -0.1) is 11.3 Å². The van der Waals surface area contributed by atoms with Crippen molar-refractivity contribution in [2.24, 2.45) is 5.92 Å². The van der Waals surface area contributed by atoms with E-state index in [0.29, 0.717) is 16.3 Å². The quantitative estimate of drug-likeness (QED) is 0.434. The molecule has 1 saturated heterocycles. The number of anilines is 2. The summed E-state index contributed by atoms with van der Waals surface area (Å²) in [4.78, 5) is 35.7. The number of esters is 1. The van der Waals surface area contributed by atoms with Crippen molar-refractivity contribution in [3.8, 4) is 0 Å². The highest BCUT2D eigenvalue weighted by Crippen LogP contribution is 2.37. The second kappa shape index (κ2) is 8.69. The van der Waals surface area contributed by atoms with Crippen LogP contribution in [0.4, 0.5) is 11.8 Å². The summed E-state index contributed by atoms with van der Waals surface area (Å²) in [6.07, 6.45) is 3.49. The Balaban J connectivity index is 1.61. The van der Waals surface area contributed by atoms with E-state index in [0.717, 1.165) is 48.9 Å². The van der Waals surface area contributed by atoms with Gasteiger partial charge in [0.2, 0.25) is 11.2 Å². The highest BCUT2D eigenvalue weighted by molar-refractivity contribution is 7.20. The molecule has 4 rings (SSSR count). The molecule has 0 aliphatic carbocycles. The highest BCUT2D eigenvalue weighted by atomic mass is 35.5. The van der Waals surface area contributed by atoms with Crippen LogP contribution in [0.3, 0.4) is 0 Å². The van der Waals surface area contributed by atoms with Crippen molar-refractivity contribution in [1.82, 2.24) is 19.9 Å². The Morgan fingerprint density at radius 1 is 1.17 bits per heavy atom. The molecule has 4 heterocycles. The maximum Gasteiger partial charge on any atom is 0.348 e. The van der Waals surface area contributed by atoms with E-state index in [9.17, 15) is 4.79 Å². The number of thiophene rings is 1. The fraction of sp³-hybridized carbons (Fsp3) is 0.450. The zero-order chi connectivity index (χ0) is 21.3. The van der Waals surface area contributed by atoms with Gasteiger partial charge in [0.25, 0.3) is 0 Å². The minimum Gasteiger partial charge on any atom is -0.461 e. The normalized spacial score (nSPS) is 14.6. The number of carbonyl (C=O) groups excluding carboxylic acids is 1. The summed E-state index contributed by atoms with van der Waals surface area (Å²) in [5.74, 6) is 1.44. The van der Waals surface area contributed by atoms with E-state index >= 15 is 0 Å². The van der Waals surface area contributed by atoms with Crippen molar-refractivity contribution in [2.75, 3.05) is 42.6 Å². The first-order valence-electron chi connectivity index (χ1n) is 9.84. The fourth-order valence-electron chi connectivity index (χ4n) is 3.40. The lowest BCUT2D eigenvalue weighted by atomic mass is 10.2. The molecule has 0 radical (unpaired) electrons. The maximum absolute atomic E-state index is 12.6. The number of piperazine rings is 1. The lowest BCUT2D eigenvalue weighted by Gasteiger charge is -2.35. The van der Waals surface area contributed by atoms with E-state index in [2.05, 4.69) is 29.7 Å².